The van der Waals surface area contributed by atoms with Gasteiger partial charge in [0.1, 0.15) is 6.10 Å². The van der Waals surface area contributed by atoms with Gasteiger partial charge >= 0.3 is 0 Å². The molecule has 0 amide bonds. The monoisotopic (exact) mass is 543 g/mol. The normalized spacial score (nSPS) is 31.9. The number of rotatable bonds is 9. The Kier molecular flexibility index (Phi) is 10.1. The van der Waals surface area contributed by atoms with Crippen molar-refractivity contribution < 1.29 is 48.3 Å². The predicted octanol–water partition coefficient (Wildman–Crippen LogP) is 2.58. The van der Waals surface area contributed by atoms with Crippen molar-refractivity contribution in [2.24, 2.45) is 5.16 Å². The Hall–Kier alpha value is -2.09. The summed E-state index contributed by atoms with van der Waals surface area (Å²) < 4.78 is 34.4. The molecule has 2 saturated heterocycles. The van der Waals surface area contributed by atoms with Crippen molar-refractivity contribution in [3.63, 3.8) is 0 Å². The molecule has 2 heterocycles. The first-order valence-electron chi connectivity index (χ1n) is 12.0. The SMILES string of the molecule is C=NO[C@H]1C[C@H](O)[C@H](SC(=O)c2c(C)c(C)c(O[C@@H]3O[C@@H](C)C[C@@H](OC)[C@H]3O)c(OC)c2OC)[C@@H](C)O1. The maximum Gasteiger partial charge on any atom is 0.229 e. The van der Waals surface area contributed by atoms with Gasteiger partial charge in [0.25, 0.3) is 0 Å². The number of nitrogens with zero attached hydrogens (tertiary/aromatic N) is 1. The number of hydrogen-bond acceptors (Lipinski definition) is 12. The Balaban J connectivity index is 1.93. The van der Waals surface area contributed by atoms with Gasteiger partial charge in [-0.15, -0.1) is 0 Å². The maximum atomic E-state index is 13.6. The average molecular weight is 544 g/mol. The summed E-state index contributed by atoms with van der Waals surface area (Å²) in [5.74, 6) is 0.657. The average Bonchev–Trinajstić information content (AvgIpc) is 2.85. The van der Waals surface area contributed by atoms with Crippen molar-refractivity contribution in [3.8, 4) is 17.2 Å². The fourth-order valence-electron chi connectivity index (χ4n) is 4.66. The van der Waals surface area contributed by atoms with Crippen molar-refractivity contribution in [2.45, 2.75) is 88.9 Å². The second-order valence-electron chi connectivity index (χ2n) is 9.13. The van der Waals surface area contributed by atoms with Crippen LogP contribution in [0.15, 0.2) is 5.16 Å². The molecule has 11 nitrogen and oxygen atoms in total. The molecular formula is C25H37NO10S. The predicted molar refractivity (Wildman–Crippen MR) is 137 cm³/mol. The van der Waals surface area contributed by atoms with Crippen LogP contribution in [0.4, 0.5) is 0 Å². The van der Waals surface area contributed by atoms with Crippen LogP contribution in [0, 0.1) is 13.8 Å². The van der Waals surface area contributed by atoms with Crippen molar-refractivity contribution >= 4 is 23.6 Å². The Labute approximate surface area is 221 Å². The largest absolute Gasteiger partial charge is 0.492 e. The number of methoxy groups -OCH3 is 3. The second-order valence-corrected chi connectivity index (χ2v) is 10.3. The molecule has 2 aliphatic rings. The third-order valence-electron chi connectivity index (χ3n) is 6.73. The first-order valence-corrected chi connectivity index (χ1v) is 12.9. The number of thioether (sulfide) groups is 1. The Morgan fingerprint density at radius 2 is 1.70 bits per heavy atom. The minimum absolute atomic E-state index is 0.143. The van der Waals surface area contributed by atoms with E-state index in [1.54, 1.807) is 20.8 Å². The zero-order valence-corrected chi connectivity index (χ0v) is 23.1. The first kappa shape index (κ1) is 29.5. The summed E-state index contributed by atoms with van der Waals surface area (Å²) in [5, 5.41) is 23.9. The number of carbonyl (C=O) groups is 1. The summed E-state index contributed by atoms with van der Waals surface area (Å²) in [6, 6.07) is 0. The second kappa shape index (κ2) is 12.6. The molecule has 0 aromatic heterocycles. The third-order valence-corrected chi connectivity index (χ3v) is 8.12. The molecule has 2 N–H and O–H groups in total. The molecule has 0 saturated carbocycles. The summed E-state index contributed by atoms with van der Waals surface area (Å²) in [6.07, 6.45) is -4.16. The van der Waals surface area contributed by atoms with E-state index in [0.717, 1.165) is 11.8 Å². The summed E-state index contributed by atoms with van der Waals surface area (Å²) in [5.41, 5.74) is 1.50. The lowest BCUT2D eigenvalue weighted by Gasteiger charge is -2.38. The lowest BCUT2D eigenvalue weighted by atomic mass is 10.00. The molecule has 2 aliphatic heterocycles. The number of hydrogen-bond donors (Lipinski definition) is 2. The van der Waals surface area contributed by atoms with Crippen molar-refractivity contribution in [2.75, 3.05) is 21.3 Å². The molecule has 12 heteroatoms. The number of benzene rings is 1. The molecular weight excluding hydrogens is 506 g/mol. The highest BCUT2D eigenvalue weighted by molar-refractivity contribution is 8.14. The minimum Gasteiger partial charge on any atom is -0.492 e. The summed E-state index contributed by atoms with van der Waals surface area (Å²) in [7, 11) is 4.39. The van der Waals surface area contributed by atoms with Gasteiger partial charge < -0.3 is 43.5 Å². The van der Waals surface area contributed by atoms with Gasteiger partial charge in [-0.25, -0.2) is 0 Å². The maximum absolute atomic E-state index is 13.6. The molecule has 2 fully saturated rings. The highest BCUT2D eigenvalue weighted by Crippen LogP contribution is 2.48. The molecule has 1 aromatic carbocycles. The highest BCUT2D eigenvalue weighted by Gasteiger charge is 2.41. The van der Waals surface area contributed by atoms with Gasteiger partial charge in [-0.05, 0) is 38.8 Å². The molecule has 0 bridgehead atoms. The number of oxime groups is 1. The van der Waals surface area contributed by atoms with Crippen molar-refractivity contribution in [1.82, 2.24) is 0 Å². The Morgan fingerprint density at radius 1 is 1.03 bits per heavy atom. The van der Waals surface area contributed by atoms with Crippen LogP contribution in [0.2, 0.25) is 0 Å². The van der Waals surface area contributed by atoms with Crippen LogP contribution in [-0.4, -0.2) is 91.7 Å². The van der Waals surface area contributed by atoms with E-state index in [1.807, 2.05) is 6.92 Å². The van der Waals surface area contributed by atoms with E-state index < -0.39 is 42.2 Å². The number of ether oxygens (including phenoxy) is 6. The smallest absolute Gasteiger partial charge is 0.229 e. The highest BCUT2D eigenvalue weighted by atomic mass is 32.2. The Morgan fingerprint density at radius 3 is 2.27 bits per heavy atom. The van der Waals surface area contributed by atoms with E-state index in [9.17, 15) is 15.0 Å². The fraction of sp³-hybridized carbons (Fsp3) is 0.680. The number of aliphatic hydroxyl groups excluding tert-OH is 2. The van der Waals surface area contributed by atoms with Crippen LogP contribution in [0.25, 0.3) is 0 Å². The van der Waals surface area contributed by atoms with E-state index >= 15 is 0 Å². The molecule has 37 heavy (non-hydrogen) atoms. The lowest BCUT2D eigenvalue weighted by molar-refractivity contribution is -0.236. The topological polar surface area (TPSA) is 135 Å². The van der Waals surface area contributed by atoms with Gasteiger partial charge in [0.05, 0.1) is 49.4 Å². The van der Waals surface area contributed by atoms with Gasteiger partial charge in [-0.2, -0.15) is 0 Å². The lowest BCUT2D eigenvalue weighted by Crippen LogP contribution is -2.51. The van der Waals surface area contributed by atoms with E-state index in [-0.39, 0.29) is 40.5 Å². The standard InChI is InChI=1S/C25H37NO10S/c1-11-9-16(30-6)19(28)25(33-11)35-20-13(3)12(2)18(21(31-7)22(20)32-8)24(29)37-23-14(4)34-17(36-26-5)10-15(23)27/h11,14-17,19,23,25,27-28H,5,9-10H2,1-4,6-8H3/t11-,14+,15-,16+,17-,19+,23+,25-/m0/s1. The van der Waals surface area contributed by atoms with Crippen LogP contribution >= 0.6 is 11.8 Å². The molecule has 0 spiro atoms. The van der Waals surface area contributed by atoms with E-state index in [2.05, 4.69) is 11.9 Å². The van der Waals surface area contributed by atoms with Crippen molar-refractivity contribution in [3.05, 3.63) is 16.7 Å². The van der Waals surface area contributed by atoms with Gasteiger partial charge in [0, 0.05) is 26.7 Å². The molecule has 1 aromatic rings. The zero-order chi connectivity index (χ0) is 27.4. The fourth-order valence-corrected chi connectivity index (χ4v) is 5.80. The van der Waals surface area contributed by atoms with E-state index in [4.69, 9.17) is 33.3 Å². The zero-order valence-electron chi connectivity index (χ0n) is 22.3. The summed E-state index contributed by atoms with van der Waals surface area (Å²) >= 11 is 0.954. The van der Waals surface area contributed by atoms with Gasteiger partial charge in [0.15, 0.2) is 11.5 Å². The van der Waals surface area contributed by atoms with Crippen LogP contribution in [0.5, 0.6) is 17.2 Å². The van der Waals surface area contributed by atoms with E-state index in [0.29, 0.717) is 17.5 Å². The van der Waals surface area contributed by atoms with Crippen LogP contribution in [0.1, 0.15) is 48.2 Å². The molecule has 0 radical (unpaired) electrons. The summed E-state index contributed by atoms with van der Waals surface area (Å²) in [6.45, 7) is 10.4. The van der Waals surface area contributed by atoms with Crippen molar-refractivity contribution in [1.29, 1.82) is 0 Å². The molecule has 208 valence electrons. The van der Waals surface area contributed by atoms with Crippen LogP contribution in [-0.2, 0) is 19.0 Å². The van der Waals surface area contributed by atoms with E-state index in [1.165, 1.54) is 21.3 Å². The molecule has 0 aliphatic carbocycles. The van der Waals surface area contributed by atoms with Crippen LogP contribution < -0.4 is 14.2 Å². The van der Waals surface area contributed by atoms with Gasteiger partial charge in [-0.1, -0.05) is 16.9 Å². The van der Waals surface area contributed by atoms with Gasteiger partial charge in [-0.3, -0.25) is 4.79 Å². The minimum atomic E-state index is -1.04. The number of carbonyl (C=O) groups excluding carboxylic acids is 1. The first-order chi connectivity index (χ1) is 17.6. The quantitative estimate of drug-likeness (QED) is 0.351. The summed E-state index contributed by atoms with van der Waals surface area (Å²) in [4.78, 5) is 18.6. The van der Waals surface area contributed by atoms with Gasteiger partial charge in [0.2, 0.25) is 23.4 Å². The Bertz CT molecular complexity index is 964. The molecule has 3 rings (SSSR count). The van der Waals surface area contributed by atoms with Crippen LogP contribution in [0.3, 0.4) is 0 Å². The molecule has 8 atom stereocenters. The number of aliphatic hydroxyl groups is 2. The molecule has 0 unspecified atom stereocenters. The third kappa shape index (κ3) is 6.15.